The zero-order valence-electron chi connectivity index (χ0n) is 9.76. The van der Waals surface area contributed by atoms with E-state index in [4.69, 9.17) is 10.6 Å². The summed E-state index contributed by atoms with van der Waals surface area (Å²) in [7, 11) is 0. The number of pyridine rings is 1. The average molecular weight is 253 g/mol. The first-order valence-electron chi connectivity index (χ1n) is 5.66. The van der Waals surface area contributed by atoms with E-state index in [1.54, 1.807) is 0 Å². The number of aromatic nitrogens is 1. The molecule has 2 rings (SSSR count). The van der Waals surface area contributed by atoms with Gasteiger partial charge in [-0.2, -0.15) is 0 Å². The minimum atomic E-state index is -0.481. The maximum Gasteiger partial charge on any atom is 0.276 e. The Kier molecular flexibility index (Phi) is 3.90. The van der Waals surface area contributed by atoms with Crippen LogP contribution in [0.15, 0.2) is 12.1 Å². The Balaban J connectivity index is 2.15. The zero-order valence-corrected chi connectivity index (χ0v) is 9.76. The fourth-order valence-electron chi connectivity index (χ4n) is 1.83. The molecule has 1 fully saturated rings. The van der Waals surface area contributed by atoms with E-state index >= 15 is 0 Å². The Hall–Kier alpha value is -1.93. The first-order valence-corrected chi connectivity index (χ1v) is 5.66. The molecule has 4 N–H and O–H groups in total. The highest BCUT2D eigenvalue weighted by molar-refractivity contribution is 5.54. The molecular weight excluding hydrogens is 238 g/mol. The molecule has 1 saturated heterocycles. The number of nitrogens with two attached hydrogens (primary N) is 1. The number of hydrogen-bond donors (Lipinski definition) is 3. The van der Waals surface area contributed by atoms with Crippen LogP contribution in [0.25, 0.3) is 0 Å². The number of rotatable bonds is 4. The lowest BCUT2D eigenvalue weighted by molar-refractivity contribution is -0.384. The summed E-state index contributed by atoms with van der Waals surface area (Å²) >= 11 is 0. The topological polar surface area (TPSA) is 115 Å². The van der Waals surface area contributed by atoms with Crippen LogP contribution < -0.4 is 16.6 Å². The minimum Gasteiger partial charge on any atom is -0.379 e. The number of anilines is 2. The van der Waals surface area contributed by atoms with Crippen molar-refractivity contribution in [2.75, 3.05) is 24.0 Å². The molecule has 1 atom stereocenters. The molecule has 1 aromatic rings. The maximum absolute atomic E-state index is 10.8. The quantitative estimate of drug-likeness (QED) is 0.414. The lowest BCUT2D eigenvalue weighted by Crippen LogP contribution is -2.30. The third-order valence-corrected chi connectivity index (χ3v) is 2.68. The standard InChI is InChI=1S/C10H15N5O3/c11-14-10-5-8(15(16)17)4-9(13-10)12-7-2-1-3-18-6-7/h4-5,7H,1-3,6,11H2,(H2,12,13,14). The average Bonchev–Trinajstić information content (AvgIpc) is 2.39. The molecule has 0 aromatic carbocycles. The molecule has 8 nitrogen and oxygen atoms in total. The van der Waals surface area contributed by atoms with Crippen LogP contribution in [0.5, 0.6) is 0 Å². The smallest absolute Gasteiger partial charge is 0.276 e. The second kappa shape index (κ2) is 5.61. The number of nitrogen functional groups attached to an aromatic ring is 1. The number of hydrogen-bond acceptors (Lipinski definition) is 7. The lowest BCUT2D eigenvalue weighted by atomic mass is 10.1. The molecule has 1 unspecified atom stereocenters. The SMILES string of the molecule is NNc1cc([N+](=O)[O-])cc(NC2CCCOC2)n1. The van der Waals surface area contributed by atoms with Crippen LogP contribution in [0.3, 0.4) is 0 Å². The van der Waals surface area contributed by atoms with Gasteiger partial charge in [0.25, 0.3) is 5.69 Å². The van der Waals surface area contributed by atoms with Gasteiger partial charge in [-0.1, -0.05) is 0 Å². The van der Waals surface area contributed by atoms with E-state index in [0.717, 1.165) is 19.4 Å². The third-order valence-electron chi connectivity index (χ3n) is 2.68. The summed E-state index contributed by atoms with van der Waals surface area (Å²) in [6.45, 7) is 1.34. The van der Waals surface area contributed by atoms with E-state index in [0.29, 0.717) is 12.4 Å². The molecule has 18 heavy (non-hydrogen) atoms. The van der Waals surface area contributed by atoms with Gasteiger partial charge >= 0.3 is 0 Å². The highest BCUT2D eigenvalue weighted by atomic mass is 16.6. The van der Waals surface area contributed by atoms with Crippen molar-refractivity contribution in [3.63, 3.8) is 0 Å². The van der Waals surface area contributed by atoms with Crippen molar-refractivity contribution in [3.8, 4) is 0 Å². The molecule has 8 heteroatoms. The van der Waals surface area contributed by atoms with Crippen LogP contribution in [0.4, 0.5) is 17.3 Å². The number of nitrogens with zero attached hydrogens (tertiary/aromatic N) is 2. The zero-order chi connectivity index (χ0) is 13.0. The van der Waals surface area contributed by atoms with Crippen molar-refractivity contribution < 1.29 is 9.66 Å². The fourth-order valence-corrected chi connectivity index (χ4v) is 1.83. The third kappa shape index (κ3) is 3.05. The van der Waals surface area contributed by atoms with E-state index in [1.807, 2.05) is 0 Å². The molecular formula is C10H15N5O3. The number of ether oxygens (including phenoxy) is 1. The first kappa shape index (κ1) is 12.5. The Morgan fingerprint density at radius 3 is 2.89 bits per heavy atom. The highest BCUT2D eigenvalue weighted by Gasteiger charge is 2.16. The summed E-state index contributed by atoms with van der Waals surface area (Å²) in [4.78, 5) is 14.4. The van der Waals surface area contributed by atoms with Crippen LogP contribution >= 0.6 is 0 Å². The van der Waals surface area contributed by atoms with E-state index in [9.17, 15) is 10.1 Å². The highest BCUT2D eigenvalue weighted by Crippen LogP contribution is 2.21. The summed E-state index contributed by atoms with van der Waals surface area (Å²) in [5, 5.41) is 13.9. The number of hydrazine groups is 1. The number of nitro groups is 1. The largest absolute Gasteiger partial charge is 0.379 e. The van der Waals surface area contributed by atoms with E-state index in [2.05, 4.69) is 15.7 Å². The van der Waals surface area contributed by atoms with Crippen molar-refractivity contribution >= 4 is 17.3 Å². The molecule has 0 spiro atoms. The number of nitrogens with one attached hydrogen (secondary N) is 2. The summed E-state index contributed by atoms with van der Waals surface area (Å²) in [5.74, 6) is 5.91. The Labute approximate surface area is 104 Å². The minimum absolute atomic E-state index is 0.0582. The predicted octanol–water partition coefficient (Wildman–Crippen LogP) is 0.866. The van der Waals surface area contributed by atoms with Gasteiger partial charge in [-0.15, -0.1) is 0 Å². The molecule has 0 bridgehead atoms. The molecule has 1 aliphatic heterocycles. The predicted molar refractivity (Wildman–Crippen MR) is 66.2 cm³/mol. The van der Waals surface area contributed by atoms with Crippen molar-refractivity contribution in [1.82, 2.24) is 4.98 Å². The molecule has 1 aliphatic rings. The Bertz CT molecular complexity index is 434. The molecule has 2 heterocycles. The molecule has 98 valence electrons. The lowest BCUT2D eigenvalue weighted by Gasteiger charge is -2.23. The monoisotopic (exact) mass is 253 g/mol. The molecule has 0 saturated carbocycles. The normalized spacial score (nSPS) is 19.3. The van der Waals surface area contributed by atoms with Gasteiger partial charge in [0.1, 0.15) is 11.6 Å². The molecule has 0 aliphatic carbocycles. The van der Waals surface area contributed by atoms with Gasteiger partial charge in [0.15, 0.2) is 0 Å². The van der Waals surface area contributed by atoms with Crippen molar-refractivity contribution in [2.45, 2.75) is 18.9 Å². The van der Waals surface area contributed by atoms with Gasteiger partial charge in [0, 0.05) is 6.61 Å². The van der Waals surface area contributed by atoms with Crippen LogP contribution in [0, 0.1) is 10.1 Å². The Morgan fingerprint density at radius 2 is 2.28 bits per heavy atom. The van der Waals surface area contributed by atoms with Gasteiger partial charge < -0.3 is 15.5 Å². The molecule has 1 aromatic heterocycles. The van der Waals surface area contributed by atoms with Crippen molar-refractivity contribution in [3.05, 3.63) is 22.2 Å². The van der Waals surface area contributed by atoms with Crippen LogP contribution in [0.1, 0.15) is 12.8 Å². The molecule has 0 amide bonds. The second-order valence-electron chi connectivity index (χ2n) is 4.06. The van der Waals surface area contributed by atoms with Crippen molar-refractivity contribution in [1.29, 1.82) is 0 Å². The van der Waals surface area contributed by atoms with Crippen LogP contribution in [-0.4, -0.2) is 29.2 Å². The molecule has 0 radical (unpaired) electrons. The summed E-state index contributed by atoms with van der Waals surface area (Å²) < 4.78 is 5.32. The Morgan fingerprint density at radius 1 is 1.50 bits per heavy atom. The first-order chi connectivity index (χ1) is 8.69. The van der Waals surface area contributed by atoms with Crippen LogP contribution in [0.2, 0.25) is 0 Å². The van der Waals surface area contributed by atoms with Gasteiger partial charge in [-0.05, 0) is 12.8 Å². The van der Waals surface area contributed by atoms with Gasteiger partial charge in [0.05, 0.1) is 29.7 Å². The van der Waals surface area contributed by atoms with Gasteiger partial charge in [-0.3, -0.25) is 10.1 Å². The summed E-state index contributed by atoms with van der Waals surface area (Å²) in [6, 6.07) is 2.79. The van der Waals surface area contributed by atoms with Gasteiger partial charge in [-0.25, -0.2) is 10.8 Å². The summed E-state index contributed by atoms with van der Waals surface area (Å²) in [5.41, 5.74) is 2.25. The summed E-state index contributed by atoms with van der Waals surface area (Å²) in [6.07, 6.45) is 1.92. The van der Waals surface area contributed by atoms with Gasteiger partial charge in [0.2, 0.25) is 0 Å². The van der Waals surface area contributed by atoms with E-state index in [-0.39, 0.29) is 17.5 Å². The van der Waals surface area contributed by atoms with E-state index < -0.39 is 4.92 Å². The van der Waals surface area contributed by atoms with Crippen LogP contribution in [-0.2, 0) is 4.74 Å². The van der Waals surface area contributed by atoms with Crippen molar-refractivity contribution in [2.24, 2.45) is 5.84 Å². The maximum atomic E-state index is 10.8. The fraction of sp³-hybridized carbons (Fsp3) is 0.500. The van der Waals surface area contributed by atoms with E-state index in [1.165, 1.54) is 12.1 Å². The second-order valence-corrected chi connectivity index (χ2v) is 4.06.